The first kappa shape index (κ1) is 11.6. The van der Waals surface area contributed by atoms with Crippen molar-refractivity contribution in [2.24, 2.45) is 11.5 Å². The Kier molecular flexibility index (Phi) is 4.17. The third-order valence-electron chi connectivity index (χ3n) is 2.02. The molecule has 15 heavy (non-hydrogen) atoms. The minimum atomic E-state index is -0.824. The van der Waals surface area contributed by atoms with Gasteiger partial charge in [-0.15, -0.1) is 0 Å². The average Bonchev–Trinajstić information content (AvgIpc) is 2.59. The van der Waals surface area contributed by atoms with Gasteiger partial charge < -0.3 is 25.7 Å². The molecule has 0 radical (unpaired) electrons. The van der Waals surface area contributed by atoms with Crippen LogP contribution in [0.15, 0.2) is 0 Å². The van der Waals surface area contributed by atoms with Crippen LogP contribution >= 0.6 is 0 Å². The van der Waals surface area contributed by atoms with Crippen LogP contribution in [-0.2, 0) is 14.2 Å². The van der Waals surface area contributed by atoms with E-state index in [-0.39, 0.29) is 25.4 Å². The highest BCUT2D eigenvalue weighted by Crippen LogP contribution is 2.20. The monoisotopic (exact) mass is 218 g/mol. The molecule has 0 aromatic rings. The van der Waals surface area contributed by atoms with E-state index < -0.39 is 12.2 Å². The fourth-order valence-corrected chi connectivity index (χ4v) is 1.38. The maximum Gasteiger partial charge on any atom is 0.404 e. The lowest BCUT2D eigenvalue weighted by Crippen LogP contribution is -2.25. The second-order valence-corrected chi connectivity index (χ2v) is 3.22. The minimum Gasteiger partial charge on any atom is -0.447 e. The Hall–Kier alpha value is -1.50. The molecule has 1 aliphatic rings. The molecule has 0 spiro atoms. The summed E-state index contributed by atoms with van der Waals surface area (Å²) >= 11 is 0. The predicted molar refractivity (Wildman–Crippen MR) is 49.0 cm³/mol. The van der Waals surface area contributed by atoms with Crippen LogP contribution in [0.5, 0.6) is 0 Å². The van der Waals surface area contributed by atoms with Gasteiger partial charge in [-0.1, -0.05) is 0 Å². The van der Waals surface area contributed by atoms with E-state index >= 15 is 0 Å². The summed E-state index contributed by atoms with van der Waals surface area (Å²) in [6.07, 6.45) is -0.538. The Morgan fingerprint density at radius 2 is 1.47 bits per heavy atom. The number of ether oxygens (including phenoxy) is 3. The molecule has 1 rings (SSSR count). The lowest BCUT2D eigenvalue weighted by molar-refractivity contribution is -0.0178. The minimum absolute atomic E-state index is 0.127. The lowest BCUT2D eigenvalue weighted by Gasteiger charge is -2.12. The Morgan fingerprint density at radius 3 is 1.80 bits per heavy atom. The van der Waals surface area contributed by atoms with Gasteiger partial charge in [0.25, 0.3) is 0 Å². The van der Waals surface area contributed by atoms with Crippen molar-refractivity contribution < 1.29 is 23.8 Å². The SMILES string of the molecule is NC(=O)OC[C@H]1CC[C@@H](COC(N)=O)O1. The van der Waals surface area contributed by atoms with Crippen LogP contribution in [0.3, 0.4) is 0 Å². The van der Waals surface area contributed by atoms with Gasteiger partial charge in [0.05, 0.1) is 12.2 Å². The molecule has 0 aromatic heterocycles. The number of carbonyl (C=O) groups is 2. The highest BCUT2D eigenvalue weighted by atomic mass is 16.6. The van der Waals surface area contributed by atoms with Gasteiger partial charge in [-0.05, 0) is 12.8 Å². The third-order valence-corrected chi connectivity index (χ3v) is 2.02. The van der Waals surface area contributed by atoms with E-state index in [0.717, 1.165) is 12.8 Å². The second-order valence-electron chi connectivity index (χ2n) is 3.22. The summed E-state index contributed by atoms with van der Waals surface area (Å²) in [6.45, 7) is 0.255. The Balaban J connectivity index is 2.15. The molecule has 0 aromatic carbocycles. The summed E-state index contributed by atoms with van der Waals surface area (Å²) in [4.78, 5) is 20.6. The van der Waals surface area contributed by atoms with Crippen molar-refractivity contribution in [2.75, 3.05) is 13.2 Å². The van der Waals surface area contributed by atoms with Crippen LogP contribution in [0.2, 0.25) is 0 Å². The van der Waals surface area contributed by atoms with Gasteiger partial charge in [0.15, 0.2) is 0 Å². The van der Waals surface area contributed by atoms with Crippen molar-refractivity contribution in [3.05, 3.63) is 0 Å². The van der Waals surface area contributed by atoms with Crippen molar-refractivity contribution in [1.82, 2.24) is 0 Å². The maximum absolute atomic E-state index is 10.3. The molecule has 1 saturated heterocycles. The van der Waals surface area contributed by atoms with E-state index in [4.69, 9.17) is 16.2 Å². The zero-order chi connectivity index (χ0) is 11.3. The number of hydrogen-bond acceptors (Lipinski definition) is 5. The van der Waals surface area contributed by atoms with Gasteiger partial charge in [0.2, 0.25) is 0 Å². The normalized spacial score (nSPS) is 24.8. The number of amides is 2. The molecule has 0 bridgehead atoms. The van der Waals surface area contributed by atoms with Gasteiger partial charge >= 0.3 is 12.2 Å². The molecule has 2 amide bonds. The van der Waals surface area contributed by atoms with Crippen LogP contribution in [0, 0.1) is 0 Å². The molecule has 86 valence electrons. The van der Waals surface area contributed by atoms with Crippen molar-refractivity contribution in [3.63, 3.8) is 0 Å². The zero-order valence-electron chi connectivity index (χ0n) is 8.18. The van der Waals surface area contributed by atoms with Gasteiger partial charge in [-0.3, -0.25) is 0 Å². The molecule has 0 saturated carbocycles. The quantitative estimate of drug-likeness (QED) is 0.673. The molecule has 2 atom stereocenters. The fourth-order valence-electron chi connectivity index (χ4n) is 1.38. The van der Waals surface area contributed by atoms with E-state index in [2.05, 4.69) is 9.47 Å². The summed E-state index contributed by atoms with van der Waals surface area (Å²) in [5.74, 6) is 0. The molecule has 7 nitrogen and oxygen atoms in total. The van der Waals surface area contributed by atoms with Gasteiger partial charge in [0, 0.05) is 0 Å². The van der Waals surface area contributed by atoms with E-state index in [1.807, 2.05) is 0 Å². The maximum atomic E-state index is 10.3. The summed E-state index contributed by atoms with van der Waals surface area (Å²) in [6, 6.07) is 0. The number of rotatable bonds is 4. The molecule has 1 heterocycles. The molecule has 0 unspecified atom stereocenters. The molecular weight excluding hydrogens is 204 g/mol. The number of primary amides is 2. The van der Waals surface area contributed by atoms with Gasteiger partial charge in [-0.2, -0.15) is 0 Å². The summed E-state index contributed by atoms with van der Waals surface area (Å²) in [7, 11) is 0. The lowest BCUT2D eigenvalue weighted by atomic mass is 10.2. The number of carbonyl (C=O) groups excluding carboxylic acids is 2. The van der Waals surface area contributed by atoms with Crippen LogP contribution in [0.4, 0.5) is 9.59 Å². The molecule has 0 aliphatic carbocycles. The summed E-state index contributed by atoms with van der Waals surface area (Å²) in [5.41, 5.74) is 9.60. The highest BCUT2D eigenvalue weighted by molar-refractivity contribution is 5.64. The first-order valence-corrected chi connectivity index (χ1v) is 4.58. The first-order valence-electron chi connectivity index (χ1n) is 4.58. The zero-order valence-corrected chi connectivity index (χ0v) is 8.18. The third kappa shape index (κ3) is 4.50. The van der Waals surface area contributed by atoms with Crippen molar-refractivity contribution in [3.8, 4) is 0 Å². The fraction of sp³-hybridized carbons (Fsp3) is 0.750. The van der Waals surface area contributed by atoms with Gasteiger partial charge in [0.1, 0.15) is 13.2 Å². The largest absolute Gasteiger partial charge is 0.447 e. The van der Waals surface area contributed by atoms with Crippen molar-refractivity contribution in [2.45, 2.75) is 25.0 Å². The smallest absolute Gasteiger partial charge is 0.404 e. The number of hydrogen-bond donors (Lipinski definition) is 2. The van der Waals surface area contributed by atoms with Crippen LogP contribution < -0.4 is 11.5 Å². The van der Waals surface area contributed by atoms with Crippen molar-refractivity contribution >= 4 is 12.2 Å². The predicted octanol–water partition coefficient (Wildman–Crippen LogP) is -0.275. The molecule has 1 aliphatic heterocycles. The number of nitrogens with two attached hydrogens (primary N) is 2. The average molecular weight is 218 g/mol. The van der Waals surface area contributed by atoms with Crippen LogP contribution in [0.1, 0.15) is 12.8 Å². The van der Waals surface area contributed by atoms with E-state index in [1.54, 1.807) is 0 Å². The standard InChI is InChI=1S/C8H14N2O5/c9-7(11)13-3-5-1-2-6(15-5)4-14-8(10)12/h5-6H,1-4H2,(H2,9,11)(H2,10,12)/t5-,6+. The van der Waals surface area contributed by atoms with E-state index in [0.29, 0.717) is 0 Å². The second kappa shape index (κ2) is 5.40. The van der Waals surface area contributed by atoms with Gasteiger partial charge in [-0.25, -0.2) is 9.59 Å². The Morgan fingerprint density at radius 1 is 1.07 bits per heavy atom. The van der Waals surface area contributed by atoms with Crippen molar-refractivity contribution in [1.29, 1.82) is 0 Å². The highest BCUT2D eigenvalue weighted by Gasteiger charge is 2.26. The topological polar surface area (TPSA) is 114 Å². The van der Waals surface area contributed by atoms with E-state index in [1.165, 1.54) is 0 Å². The molecular formula is C8H14N2O5. The molecule has 1 fully saturated rings. The molecule has 7 heteroatoms. The molecule has 4 N–H and O–H groups in total. The summed E-state index contributed by atoms with van der Waals surface area (Å²) in [5, 5.41) is 0. The Bertz CT molecular complexity index is 221. The first-order chi connectivity index (χ1) is 7.08. The Labute approximate surface area is 86.6 Å². The van der Waals surface area contributed by atoms with E-state index in [9.17, 15) is 9.59 Å². The van der Waals surface area contributed by atoms with Crippen LogP contribution in [-0.4, -0.2) is 37.6 Å². The summed E-state index contributed by atoms with van der Waals surface area (Å²) < 4.78 is 14.6. The van der Waals surface area contributed by atoms with Crippen LogP contribution in [0.25, 0.3) is 0 Å².